The highest BCUT2D eigenvalue weighted by molar-refractivity contribution is 6.76. The van der Waals surface area contributed by atoms with Crippen molar-refractivity contribution in [2.45, 2.75) is 64.9 Å². The van der Waals surface area contributed by atoms with E-state index in [2.05, 4.69) is 29.6 Å². The Kier molecular flexibility index (Phi) is 7.34. The highest BCUT2D eigenvalue weighted by Crippen LogP contribution is 2.41. The maximum absolute atomic E-state index is 12.3. The number of ether oxygens (including phenoxy) is 4. The number of carboxylic acid groups (broad SMARTS) is 1. The van der Waals surface area contributed by atoms with Gasteiger partial charge in [-0.1, -0.05) is 19.6 Å². The Bertz CT molecular complexity index is 1340. The molecule has 204 valence electrons. The number of nitrogens with zero attached hydrogens (tertiary/aromatic N) is 3. The smallest absolute Gasteiger partial charge is 0.339 e. The van der Waals surface area contributed by atoms with Gasteiger partial charge in [-0.3, -0.25) is 0 Å². The number of carbonyl (C=O) groups is 1. The summed E-state index contributed by atoms with van der Waals surface area (Å²) in [5, 5.41) is 10.1. The maximum atomic E-state index is 12.3. The van der Waals surface area contributed by atoms with E-state index in [1.807, 2.05) is 29.7 Å². The molecule has 1 aliphatic heterocycles. The molecular weight excluding hydrogens is 502 g/mol. The van der Waals surface area contributed by atoms with Crippen molar-refractivity contribution in [1.29, 1.82) is 0 Å². The van der Waals surface area contributed by atoms with Crippen LogP contribution in [0, 0.1) is 12.8 Å². The Morgan fingerprint density at radius 3 is 2.61 bits per heavy atom. The molecular formula is C28H37N3O6Si. The normalized spacial score (nSPS) is 17.3. The predicted octanol–water partition coefficient (Wildman–Crippen LogP) is 5.43. The van der Waals surface area contributed by atoms with Crippen LogP contribution in [0.3, 0.4) is 0 Å². The number of hydrogen-bond acceptors (Lipinski definition) is 7. The van der Waals surface area contributed by atoms with Crippen LogP contribution in [0.2, 0.25) is 25.7 Å². The lowest BCUT2D eigenvalue weighted by Gasteiger charge is -2.24. The van der Waals surface area contributed by atoms with Gasteiger partial charge in [0.05, 0.1) is 25.3 Å². The van der Waals surface area contributed by atoms with E-state index in [0.717, 1.165) is 17.2 Å². The molecule has 0 atom stereocenters. The molecule has 0 spiro atoms. The molecule has 0 bridgehead atoms. The zero-order chi connectivity index (χ0) is 27.1. The fourth-order valence-electron chi connectivity index (χ4n) is 4.74. The third kappa shape index (κ3) is 5.49. The molecule has 1 saturated heterocycles. The quantitative estimate of drug-likeness (QED) is 0.254. The van der Waals surface area contributed by atoms with Crippen molar-refractivity contribution in [3.63, 3.8) is 0 Å². The standard InChI is InChI=1S/C28H37N3O6Si/c1-18-23(27(32)33)25-26(31(18)17-34-12-13-38(3,4)5)24(29-16-30-25)21-14-20(28(2)36-10-11-37-28)8-9-22(21)35-15-19-6-7-19/h8-9,14,16,19H,6-7,10-13,15,17H2,1-5H3,(H,32,33). The summed E-state index contributed by atoms with van der Waals surface area (Å²) >= 11 is 0. The number of carboxylic acids is 1. The van der Waals surface area contributed by atoms with Gasteiger partial charge in [-0.25, -0.2) is 14.8 Å². The van der Waals surface area contributed by atoms with Gasteiger partial charge >= 0.3 is 5.97 Å². The Balaban J connectivity index is 1.63. The van der Waals surface area contributed by atoms with Gasteiger partial charge in [-0.15, -0.1) is 0 Å². The molecule has 9 nitrogen and oxygen atoms in total. The number of aromatic nitrogens is 3. The summed E-state index contributed by atoms with van der Waals surface area (Å²) in [7, 11) is -1.28. The second kappa shape index (κ2) is 10.4. The Labute approximate surface area is 224 Å². The topological polar surface area (TPSA) is 105 Å². The van der Waals surface area contributed by atoms with Crippen LogP contribution in [0.5, 0.6) is 5.75 Å². The van der Waals surface area contributed by atoms with Crippen molar-refractivity contribution in [2.75, 3.05) is 26.4 Å². The molecule has 2 aromatic heterocycles. The Morgan fingerprint density at radius 2 is 1.95 bits per heavy atom. The van der Waals surface area contributed by atoms with Crippen LogP contribution in [0.4, 0.5) is 0 Å². The monoisotopic (exact) mass is 539 g/mol. The van der Waals surface area contributed by atoms with Crippen molar-refractivity contribution < 1.29 is 28.8 Å². The lowest BCUT2D eigenvalue weighted by Crippen LogP contribution is -2.22. The molecule has 2 aliphatic rings. The second-order valence-corrected chi connectivity index (χ2v) is 17.2. The van der Waals surface area contributed by atoms with Crippen LogP contribution in [0.25, 0.3) is 22.3 Å². The largest absolute Gasteiger partial charge is 0.493 e. The molecule has 1 N–H and O–H groups in total. The van der Waals surface area contributed by atoms with Gasteiger partial charge in [0.1, 0.15) is 35.6 Å². The molecule has 3 aromatic rings. The first-order chi connectivity index (χ1) is 18.1. The van der Waals surface area contributed by atoms with Crippen LogP contribution in [-0.2, 0) is 26.7 Å². The average molecular weight is 540 g/mol. The molecule has 3 heterocycles. The van der Waals surface area contributed by atoms with Crippen molar-refractivity contribution in [1.82, 2.24) is 14.5 Å². The Morgan fingerprint density at radius 1 is 1.21 bits per heavy atom. The molecule has 0 amide bonds. The van der Waals surface area contributed by atoms with E-state index in [9.17, 15) is 9.90 Å². The summed E-state index contributed by atoms with van der Waals surface area (Å²) in [5.74, 6) is -0.655. The van der Waals surface area contributed by atoms with Crippen LogP contribution in [-0.4, -0.2) is 60.1 Å². The fourth-order valence-corrected chi connectivity index (χ4v) is 5.49. The van der Waals surface area contributed by atoms with E-state index in [1.54, 1.807) is 6.92 Å². The predicted molar refractivity (Wildman–Crippen MR) is 146 cm³/mol. The summed E-state index contributed by atoms with van der Waals surface area (Å²) in [6.07, 6.45) is 3.76. The van der Waals surface area contributed by atoms with Gasteiger partial charge in [0, 0.05) is 31.5 Å². The third-order valence-corrected chi connectivity index (χ3v) is 9.00. The molecule has 38 heavy (non-hydrogen) atoms. The summed E-state index contributed by atoms with van der Waals surface area (Å²) in [6.45, 7) is 13.1. The summed E-state index contributed by atoms with van der Waals surface area (Å²) in [4.78, 5) is 21.4. The minimum atomic E-state index is -1.28. The second-order valence-electron chi connectivity index (χ2n) is 11.6. The van der Waals surface area contributed by atoms with Crippen LogP contribution >= 0.6 is 0 Å². The fraction of sp³-hybridized carbons (Fsp3) is 0.536. The van der Waals surface area contributed by atoms with E-state index in [4.69, 9.17) is 18.9 Å². The third-order valence-electron chi connectivity index (χ3n) is 7.30. The first-order valence-corrected chi connectivity index (χ1v) is 17.0. The molecule has 5 rings (SSSR count). The van der Waals surface area contributed by atoms with Crippen molar-refractivity contribution >= 4 is 25.1 Å². The zero-order valence-electron chi connectivity index (χ0n) is 22.9. The van der Waals surface area contributed by atoms with Gasteiger partial charge in [-0.2, -0.15) is 0 Å². The average Bonchev–Trinajstić information content (AvgIpc) is 3.51. The lowest BCUT2D eigenvalue weighted by molar-refractivity contribution is -0.149. The number of fused-ring (bicyclic) bond motifs is 1. The lowest BCUT2D eigenvalue weighted by atomic mass is 10.0. The van der Waals surface area contributed by atoms with Gasteiger partial charge in [0.25, 0.3) is 0 Å². The van der Waals surface area contributed by atoms with E-state index in [-0.39, 0.29) is 12.3 Å². The van der Waals surface area contributed by atoms with Gasteiger partial charge in [-0.05, 0) is 56.9 Å². The molecule has 2 fully saturated rings. The molecule has 0 unspecified atom stereocenters. The molecule has 1 saturated carbocycles. The van der Waals surface area contributed by atoms with Crippen molar-refractivity contribution in [3.8, 4) is 17.0 Å². The van der Waals surface area contributed by atoms with Gasteiger partial charge in [0.15, 0.2) is 5.79 Å². The zero-order valence-corrected chi connectivity index (χ0v) is 23.9. The molecule has 10 heteroatoms. The maximum Gasteiger partial charge on any atom is 0.339 e. The van der Waals surface area contributed by atoms with Crippen molar-refractivity contribution in [2.24, 2.45) is 5.92 Å². The summed E-state index contributed by atoms with van der Waals surface area (Å²) in [5.41, 5.74) is 3.91. The molecule has 1 aromatic carbocycles. The first-order valence-electron chi connectivity index (χ1n) is 13.3. The number of rotatable bonds is 11. The minimum absolute atomic E-state index is 0.156. The van der Waals surface area contributed by atoms with Gasteiger partial charge < -0.3 is 28.6 Å². The minimum Gasteiger partial charge on any atom is -0.493 e. The number of hydrogen-bond donors (Lipinski definition) is 1. The first kappa shape index (κ1) is 26.8. The SMILES string of the molecule is Cc1c(C(=O)O)c2ncnc(-c3cc(C4(C)OCCO4)ccc3OCC3CC3)c2n1COCC[Si](C)(C)C. The highest BCUT2D eigenvalue weighted by atomic mass is 28.3. The van der Waals surface area contributed by atoms with Gasteiger partial charge in [0.2, 0.25) is 0 Å². The Hall–Kier alpha value is -2.79. The van der Waals surface area contributed by atoms with Crippen LogP contribution in [0.1, 0.15) is 41.4 Å². The van der Waals surface area contributed by atoms with E-state index in [0.29, 0.717) is 60.5 Å². The van der Waals surface area contributed by atoms with Crippen LogP contribution < -0.4 is 4.74 Å². The number of aromatic carboxylic acids is 1. The summed E-state index contributed by atoms with van der Waals surface area (Å²) in [6, 6.07) is 6.89. The van der Waals surface area contributed by atoms with Crippen molar-refractivity contribution in [3.05, 3.63) is 41.3 Å². The van der Waals surface area contributed by atoms with E-state index < -0.39 is 19.8 Å². The highest BCUT2D eigenvalue weighted by Gasteiger charge is 2.35. The van der Waals surface area contributed by atoms with E-state index in [1.165, 1.54) is 19.2 Å². The summed E-state index contributed by atoms with van der Waals surface area (Å²) < 4.78 is 26.1. The van der Waals surface area contributed by atoms with E-state index >= 15 is 0 Å². The molecule has 1 aliphatic carbocycles. The van der Waals surface area contributed by atoms with Crippen LogP contribution in [0.15, 0.2) is 24.5 Å². The number of benzene rings is 1. The molecule has 0 radical (unpaired) electrons.